The standard InChI is InChI=1S/C21H23N3O2S/c1-14-10-19(25)11-15(2)24(14)12-21(26)22-9-8-17-4-6-18(7-5-17)20-13-27-16(3)23-20/h4-7,10-11,13H,8-9,12H2,1-3H3,(H,22,26). The number of benzene rings is 1. The summed E-state index contributed by atoms with van der Waals surface area (Å²) >= 11 is 1.65. The molecule has 0 atom stereocenters. The molecule has 0 radical (unpaired) electrons. The molecule has 0 bridgehead atoms. The number of amides is 1. The average Bonchev–Trinajstić information content (AvgIpc) is 3.05. The number of thiazole rings is 1. The summed E-state index contributed by atoms with van der Waals surface area (Å²) in [6, 6.07) is 11.4. The first kappa shape index (κ1) is 19.0. The van der Waals surface area contributed by atoms with E-state index < -0.39 is 0 Å². The van der Waals surface area contributed by atoms with Crippen molar-refractivity contribution in [2.75, 3.05) is 6.54 Å². The van der Waals surface area contributed by atoms with Gasteiger partial charge < -0.3 is 9.88 Å². The number of nitrogens with zero attached hydrogens (tertiary/aromatic N) is 2. The predicted molar refractivity (Wildman–Crippen MR) is 109 cm³/mol. The SMILES string of the molecule is Cc1nc(-c2ccc(CCNC(=O)Cn3c(C)cc(=O)cc3C)cc2)cs1. The number of aryl methyl sites for hydroxylation is 3. The molecular weight excluding hydrogens is 358 g/mol. The first-order valence-corrected chi connectivity index (χ1v) is 9.76. The van der Waals surface area contributed by atoms with Crippen LogP contribution < -0.4 is 10.7 Å². The number of nitrogens with one attached hydrogen (secondary N) is 1. The average molecular weight is 382 g/mol. The third-order valence-corrected chi connectivity index (χ3v) is 5.23. The minimum absolute atomic E-state index is 0.0297. The van der Waals surface area contributed by atoms with E-state index in [2.05, 4.69) is 39.9 Å². The maximum Gasteiger partial charge on any atom is 0.239 e. The van der Waals surface area contributed by atoms with Crippen LogP contribution in [-0.2, 0) is 17.8 Å². The van der Waals surface area contributed by atoms with E-state index in [1.54, 1.807) is 23.5 Å². The summed E-state index contributed by atoms with van der Waals surface area (Å²) in [5.74, 6) is -0.0561. The van der Waals surface area contributed by atoms with E-state index in [9.17, 15) is 9.59 Å². The number of pyridine rings is 1. The topological polar surface area (TPSA) is 64.0 Å². The summed E-state index contributed by atoms with van der Waals surface area (Å²) in [6.45, 7) is 6.48. The van der Waals surface area contributed by atoms with Gasteiger partial charge in [0.15, 0.2) is 5.43 Å². The zero-order chi connectivity index (χ0) is 19.4. The van der Waals surface area contributed by atoms with E-state index >= 15 is 0 Å². The maximum absolute atomic E-state index is 12.2. The van der Waals surface area contributed by atoms with E-state index in [4.69, 9.17) is 0 Å². The van der Waals surface area contributed by atoms with Crippen molar-refractivity contribution in [3.05, 3.63) is 74.0 Å². The van der Waals surface area contributed by atoms with Crippen LogP contribution in [-0.4, -0.2) is 22.0 Å². The van der Waals surface area contributed by atoms with Crippen molar-refractivity contribution in [1.82, 2.24) is 14.9 Å². The second kappa shape index (κ2) is 8.31. The molecule has 1 N–H and O–H groups in total. The van der Waals surface area contributed by atoms with Gasteiger partial charge in [0.1, 0.15) is 6.54 Å². The lowest BCUT2D eigenvalue weighted by Gasteiger charge is -2.14. The van der Waals surface area contributed by atoms with Crippen LogP contribution in [0.3, 0.4) is 0 Å². The van der Waals surface area contributed by atoms with Crippen molar-refractivity contribution in [1.29, 1.82) is 0 Å². The molecule has 0 aliphatic heterocycles. The summed E-state index contributed by atoms with van der Waals surface area (Å²) in [5.41, 5.74) is 4.84. The smallest absolute Gasteiger partial charge is 0.239 e. The molecule has 6 heteroatoms. The second-order valence-corrected chi connectivity index (χ2v) is 7.67. The largest absolute Gasteiger partial charge is 0.354 e. The van der Waals surface area contributed by atoms with Crippen LogP contribution in [0.4, 0.5) is 0 Å². The summed E-state index contributed by atoms with van der Waals surface area (Å²) in [6.07, 6.45) is 0.768. The Balaban J connectivity index is 1.52. The lowest BCUT2D eigenvalue weighted by atomic mass is 10.1. The molecule has 0 saturated carbocycles. The van der Waals surface area contributed by atoms with Crippen molar-refractivity contribution >= 4 is 17.2 Å². The van der Waals surface area contributed by atoms with E-state index in [-0.39, 0.29) is 17.9 Å². The van der Waals surface area contributed by atoms with Crippen LogP contribution in [0.1, 0.15) is 22.0 Å². The molecular formula is C21H23N3O2S. The van der Waals surface area contributed by atoms with E-state index in [1.165, 1.54) is 5.56 Å². The lowest BCUT2D eigenvalue weighted by Crippen LogP contribution is -2.31. The number of aromatic nitrogens is 2. The number of carbonyl (C=O) groups is 1. The number of rotatable bonds is 6. The van der Waals surface area contributed by atoms with Crippen LogP contribution in [0.25, 0.3) is 11.3 Å². The summed E-state index contributed by atoms with van der Waals surface area (Å²) in [5, 5.41) is 6.07. The Bertz CT molecular complexity index is 977. The quantitative estimate of drug-likeness (QED) is 0.713. The molecule has 0 unspecified atom stereocenters. The van der Waals surface area contributed by atoms with Gasteiger partial charge in [-0.3, -0.25) is 9.59 Å². The highest BCUT2D eigenvalue weighted by atomic mass is 32.1. The van der Waals surface area contributed by atoms with Gasteiger partial charge in [-0.05, 0) is 32.8 Å². The minimum Gasteiger partial charge on any atom is -0.354 e. The lowest BCUT2D eigenvalue weighted by molar-refractivity contribution is -0.121. The van der Waals surface area contributed by atoms with Gasteiger partial charge in [0.2, 0.25) is 5.91 Å². The molecule has 0 spiro atoms. The van der Waals surface area contributed by atoms with E-state index in [0.29, 0.717) is 6.54 Å². The molecule has 0 aliphatic carbocycles. The second-order valence-electron chi connectivity index (χ2n) is 6.61. The van der Waals surface area contributed by atoms with Gasteiger partial charge in [-0.15, -0.1) is 11.3 Å². The Morgan fingerprint density at radius 3 is 2.37 bits per heavy atom. The van der Waals surface area contributed by atoms with Gasteiger partial charge >= 0.3 is 0 Å². The molecule has 1 amide bonds. The highest BCUT2D eigenvalue weighted by molar-refractivity contribution is 7.09. The molecule has 3 rings (SSSR count). The molecule has 140 valence electrons. The maximum atomic E-state index is 12.2. The van der Waals surface area contributed by atoms with Crippen molar-refractivity contribution in [2.45, 2.75) is 33.7 Å². The summed E-state index contributed by atoms with van der Waals surface area (Å²) in [7, 11) is 0. The summed E-state index contributed by atoms with van der Waals surface area (Å²) in [4.78, 5) is 28.2. The fraction of sp³-hybridized carbons (Fsp3) is 0.286. The van der Waals surface area contributed by atoms with E-state index in [0.717, 1.165) is 34.1 Å². The van der Waals surface area contributed by atoms with Gasteiger partial charge in [0.05, 0.1) is 10.7 Å². The van der Waals surface area contributed by atoms with Gasteiger partial charge in [0, 0.05) is 41.0 Å². The molecule has 3 aromatic rings. The molecule has 0 fully saturated rings. The van der Waals surface area contributed by atoms with Crippen LogP contribution in [0.5, 0.6) is 0 Å². The third-order valence-electron chi connectivity index (χ3n) is 4.46. The van der Waals surface area contributed by atoms with Crippen LogP contribution in [0.15, 0.2) is 46.6 Å². The Morgan fingerprint density at radius 2 is 1.78 bits per heavy atom. The molecule has 0 saturated heterocycles. The Hall–Kier alpha value is -2.73. The zero-order valence-corrected chi connectivity index (χ0v) is 16.6. The number of hydrogen-bond acceptors (Lipinski definition) is 4. The summed E-state index contributed by atoms with van der Waals surface area (Å²) < 4.78 is 1.85. The first-order valence-electron chi connectivity index (χ1n) is 8.88. The van der Waals surface area contributed by atoms with Crippen molar-refractivity contribution < 1.29 is 4.79 Å². The Kier molecular flexibility index (Phi) is 5.86. The van der Waals surface area contributed by atoms with Gasteiger partial charge in [-0.2, -0.15) is 0 Å². The van der Waals surface area contributed by atoms with Crippen LogP contribution in [0.2, 0.25) is 0 Å². The van der Waals surface area contributed by atoms with Crippen molar-refractivity contribution in [2.24, 2.45) is 0 Å². The Morgan fingerprint density at radius 1 is 1.11 bits per heavy atom. The van der Waals surface area contributed by atoms with Crippen molar-refractivity contribution in [3.63, 3.8) is 0 Å². The third kappa shape index (κ3) is 4.92. The van der Waals surface area contributed by atoms with E-state index in [1.807, 2.05) is 25.3 Å². The number of carbonyl (C=O) groups excluding carboxylic acids is 1. The fourth-order valence-corrected chi connectivity index (χ4v) is 3.64. The fourth-order valence-electron chi connectivity index (χ4n) is 3.02. The molecule has 1 aromatic carbocycles. The van der Waals surface area contributed by atoms with Gasteiger partial charge in [-0.1, -0.05) is 24.3 Å². The van der Waals surface area contributed by atoms with Gasteiger partial charge in [-0.25, -0.2) is 4.98 Å². The monoisotopic (exact) mass is 381 g/mol. The van der Waals surface area contributed by atoms with Gasteiger partial charge in [0.25, 0.3) is 0 Å². The van der Waals surface area contributed by atoms with Crippen LogP contribution in [0, 0.1) is 20.8 Å². The van der Waals surface area contributed by atoms with Crippen LogP contribution >= 0.6 is 11.3 Å². The molecule has 0 aliphatic rings. The van der Waals surface area contributed by atoms with Crippen molar-refractivity contribution in [3.8, 4) is 11.3 Å². The molecule has 5 nitrogen and oxygen atoms in total. The highest BCUT2D eigenvalue weighted by Gasteiger charge is 2.07. The highest BCUT2D eigenvalue weighted by Crippen LogP contribution is 2.21. The zero-order valence-electron chi connectivity index (χ0n) is 15.8. The minimum atomic E-state index is -0.0561. The molecule has 2 aromatic heterocycles. The predicted octanol–water partition coefficient (Wildman–Crippen LogP) is 3.26. The number of hydrogen-bond donors (Lipinski definition) is 1. The Labute approximate surface area is 162 Å². The molecule has 2 heterocycles. The molecule has 27 heavy (non-hydrogen) atoms. The normalized spacial score (nSPS) is 10.8. The first-order chi connectivity index (χ1) is 12.9.